The highest BCUT2D eigenvalue weighted by molar-refractivity contribution is 6.33. The predicted octanol–water partition coefficient (Wildman–Crippen LogP) is 5.23. The number of anilines is 1. The minimum atomic E-state index is 0.313. The maximum absolute atomic E-state index is 6.32. The van der Waals surface area contributed by atoms with Gasteiger partial charge in [0, 0.05) is 6.07 Å². The van der Waals surface area contributed by atoms with Crippen molar-refractivity contribution in [1.82, 2.24) is 0 Å². The van der Waals surface area contributed by atoms with Crippen LogP contribution in [0.25, 0.3) is 0 Å². The monoisotopic (exact) mass is 301 g/mol. The van der Waals surface area contributed by atoms with Gasteiger partial charge in [-0.3, -0.25) is 0 Å². The minimum absolute atomic E-state index is 0.313. The van der Waals surface area contributed by atoms with Crippen molar-refractivity contribution in [2.75, 3.05) is 12.4 Å². The molecule has 2 aromatic rings. The molecule has 0 heterocycles. The fourth-order valence-electron chi connectivity index (χ4n) is 3.00. The van der Waals surface area contributed by atoms with Crippen LogP contribution in [0.3, 0.4) is 0 Å². The number of hydrogen-bond acceptors (Lipinski definition) is 2. The third kappa shape index (κ3) is 3.16. The van der Waals surface area contributed by atoms with Crippen LogP contribution in [0.4, 0.5) is 5.69 Å². The molecule has 1 aliphatic carbocycles. The summed E-state index contributed by atoms with van der Waals surface area (Å²) < 4.78 is 5.29. The van der Waals surface area contributed by atoms with Crippen molar-refractivity contribution in [3.8, 4) is 5.75 Å². The molecule has 0 saturated heterocycles. The number of benzene rings is 2. The van der Waals surface area contributed by atoms with Crippen LogP contribution in [0, 0.1) is 0 Å². The quantitative estimate of drug-likeness (QED) is 0.784. The Kier molecular flexibility index (Phi) is 4.35. The van der Waals surface area contributed by atoms with Crippen LogP contribution in [-0.2, 0) is 6.42 Å². The van der Waals surface area contributed by atoms with E-state index in [0.717, 1.165) is 22.9 Å². The van der Waals surface area contributed by atoms with Gasteiger partial charge in [0.05, 0.1) is 23.9 Å². The van der Waals surface area contributed by atoms with E-state index in [-0.39, 0.29) is 0 Å². The largest absolute Gasteiger partial charge is 0.497 e. The molecule has 2 aromatic carbocycles. The van der Waals surface area contributed by atoms with Gasteiger partial charge in [0.15, 0.2) is 0 Å². The van der Waals surface area contributed by atoms with E-state index in [9.17, 15) is 0 Å². The zero-order valence-corrected chi connectivity index (χ0v) is 13.0. The minimum Gasteiger partial charge on any atom is -0.497 e. The van der Waals surface area contributed by atoms with Gasteiger partial charge in [0.1, 0.15) is 5.75 Å². The average molecular weight is 302 g/mol. The van der Waals surface area contributed by atoms with Crippen molar-refractivity contribution in [2.45, 2.75) is 31.7 Å². The van der Waals surface area contributed by atoms with Gasteiger partial charge in [0.25, 0.3) is 0 Å². The number of ether oxygens (including phenoxy) is 1. The Morgan fingerprint density at radius 1 is 1.14 bits per heavy atom. The molecule has 1 N–H and O–H groups in total. The summed E-state index contributed by atoms with van der Waals surface area (Å²) in [5.41, 5.74) is 3.79. The van der Waals surface area contributed by atoms with Crippen molar-refractivity contribution in [3.05, 3.63) is 58.6 Å². The van der Waals surface area contributed by atoms with E-state index >= 15 is 0 Å². The lowest BCUT2D eigenvalue weighted by Gasteiger charge is -2.21. The number of rotatable bonds is 3. The third-order valence-electron chi connectivity index (χ3n) is 4.12. The fourth-order valence-corrected chi connectivity index (χ4v) is 3.17. The Morgan fingerprint density at radius 2 is 2.00 bits per heavy atom. The van der Waals surface area contributed by atoms with E-state index in [1.165, 1.54) is 30.4 Å². The second-order valence-corrected chi connectivity index (χ2v) is 5.89. The van der Waals surface area contributed by atoms with Crippen LogP contribution >= 0.6 is 11.6 Å². The number of fused-ring (bicyclic) bond motifs is 1. The lowest BCUT2D eigenvalue weighted by atomic mass is 9.99. The van der Waals surface area contributed by atoms with Gasteiger partial charge in [-0.25, -0.2) is 0 Å². The molecule has 21 heavy (non-hydrogen) atoms. The molecule has 0 aromatic heterocycles. The molecule has 0 fully saturated rings. The van der Waals surface area contributed by atoms with Crippen molar-refractivity contribution in [2.24, 2.45) is 0 Å². The summed E-state index contributed by atoms with van der Waals surface area (Å²) in [5.74, 6) is 0.823. The van der Waals surface area contributed by atoms with Crippen LogP contribution in [0.15, 0.2) is 42.5 Å². The van der Waals surface area contributed by atoms with E-state index in [2.05, 4.69) is 29.6 Å². The first-order valence-corrected chi connectivity index (χ1v) is 7.83. The van der Waals surface area contributed by atoms with Gasteiger partial charge >= 0.3 is 0 Å². The van der Waals surface area contributed by atoms with E-state index in [0.29, 0.717) is 6.04 Å². The van der Waals surface area contributed by atoms with Crippen LogP contribution < -0.4 is 10.1 Å². The molecular weight excluding hydrogens is 282 g/mol. The maximum atomic E-state index is 6.32. The first-order valence-electron chi connectivity index (χ1n) is 7.46. The highest BCUT2D eigenvalue weighted by atomic mass is 35.5. The molecule has 0 radical (unpaired) electrons. The Balaban J connectivity index is 1.91. The predicted molar refractivity (Wildman–Crippen MR) is 88.4 cm³/mol. The lowest BCUT2D eigenvalue weighted by Crippen LogP contribution is -2.11. The highest BCUT2D eigenvalue weighted by Crippen LogP contribution is 2.35. The molecule has 0 spiro atoms. The zero-order valence-electron chi connectivity index (χ0n) is 12.2. The Labute approximate surface area is 131 Å². The van der Waals surface area contributed by atoms with Gasteiger partial charge in [-0.2, -0.15) is 0 Å². The van der Waals surface area contributed by atoms with Gasteiger partial charge in [-0.15, -0.1) is 0 Å². The van der Waals surface area contributed by atoms with Gasteiger partial charge in [-0.05, 0) is 42.5 Å². The number of hydrogen-bond donors (Lipinski definition) is 1. The van der Waals surface area contributed by atoms with Gasteiger partial charge in [-0.1, -0.05) is 42.3 Å². The van der Waals surface area contributed by atoms with E-state index in [4.69, 9.17) is 16.3 Å². The molecule has 1 unspecified atom stereocenters. The molecule has 1 aliphatic rings. The highest BCUT2D eigenvalue weighted by Gasteiger charge is 2.19. The maximum Gasteiger partial charge on any atom is 0.121 e. The molecule has 110 valence electrons. The first kappa shape index (κ1) is 14.3. The molecule has 1 atom stereocenters. The van der Waals surface area contributed by atoms with Crippen molar-refractivity contribution >= 4 is 17.3 Å². The number of nitrogens with one attached hydrogen (secondary N) is 1. The summed E-state index contributed by atoms with van der Waals surface area (Å²) in [6.45, 7) is 0. The summed E-state index contributed by atoms with van der Waals surface area (Å²) in [6.07, 6.45) is 4.78. The van der Waals surface area contributed by atoms with E-state index in [1.54, 1.807) is 7.11 Å². The van der Waals surface area contributed by atoms with Crippen LogP contribution in [-0.4, -0.2) is 7.11 Å². The van der Waals surface area contributed by atoms with Crippen LogP contribution in [0.1, 0.15) is 36.4 Å². The zero-order chi connectivity index (χ0) is 14.7. The average Bonchev–Trinajstić information content (AvgIpc) is 2.72. The molecule has 3 heteroatoms. The fraction of sp³-hybridized carbons (Fsp3) is 0.333. The number of methoxy groups -OCH3 is 1. The van der Waals surface area contributed by atoms with Gasteiger partial charge in [0.2, 0.25) is 0 Å². The molecule has 0 bridgehead atoms. The molecule has 0 amide bonds. The lowest BCUT2D eigenvalue weighted by molar-refractivity contribution is 0.415. The Morgan fingerprint density at radius 3 is 2.86 bits per heavy atom. The third-order valence-corrected chi connectivity index (χ3v) is 4.45. The van der Waals surface area contributed by atoms with Crippen LogP contribution in [0.5, 0.6) is 5.75 Å². The molecule has 2 nitrogen and oxygen atoms in total. The molecular formula is C18H20ClNO. The summed E-state index contributed by atoms with van der Waals surface area (Å²) >= 11 is 6.32. The second-order valence-electron chi connectivity index (χ2n) is 5.49. The van der Waals surface area contributed by atoms with E-state index < -0.39 is 0 Å². The van der Waals surface area contributed by atoms with Crippen molar-refractivity contribution in [1.29, 1.82) is 0 Å². The molecule has 3 rings (SSSR count). The SMILES string of the molecule is COc1ccc(Cl)c(NC2CCCCc3ccccc32)c1. The molecule has 0 aliphatic heterocycles. The first-order chi connectivity index (χ1) is 10.3. The van der Waals surface area contributed by atoms with Gasteiger partial charge < -0.3 is 10.1 Å². The smallest absolute Gasteiger partial charge is 0.121 e. The normalized spacial score (nSPS) is 17.7. The number of halogens is 1. The number of aryl methyl sites for hydroxylation is 1. The van der Waals surface area contributed by atoms with Crippen molar-refractivity contribution in [3.63, 3.8) is 0 Å². The second kappa shape index (κ2) is 6.40. The van der Waals surface area contributed by atoms with Crippen LogP contribution in [0.2, 0.25) is 5.02 Å². The molecule has 0 saturated carbocycles. The van der Waals surface area contributed by atoms with Crippen molar-refractivity contribution < 1.29 is 4.74 Å². The summed E-state index contributed by atoms with van der Waals surface area (Å²) in [7, 11) is 1.67. The standard InChI is InChI=1S/C18H20ClNO/c1-21-14-10-11-16(19)18(12-14)20-17-9-5-3-7-13-6-2-4-8-15(13)17/h2,4,6,8,10-12,17,20H,3,5,7,9H2,1H3. The summed E-state index contributed by atoms with van der Waals surface area (Å²) in [5, 5.41) is 4.34. The summed E-state index contributed by atoms with van der Waals surface area (Å²) in [4.78, 5) is 0. The Bertz CT molecular complexity index is 626. The summed E-state index contributed by atoms with van der Waals surface area (Å²) in [6, 6.07) is 14.8. The topological polar surface area (TPSA) is 21.3 Å². The Hall–Kier alpha value is -1.67. The van der Waals surface area contributed by atoms with E-state index in [1.807, 2.05) is 18.2 Å².